The fourth-order valence-corrected chi connectivity index (χ4v) is 2.22. The van der Waals surface area contributed by atoms with E-state index in [2.05, 4.69) is 0 Å². The fraction of sp³-hybridized carbons (Fsp3) is 0.500. The van der Waals surface area contributed by atoms with Crippen LogP contribution in [0, 0.1) is 0 Å². The lowest BCUT2D eigenvalue weighted by atomic mass is 9.99. The lowest BCUT2D eigenvalue weighted by molar-refractivity contribution is -0.271. The number of rotatable bonds is 5. The highest BCUT2D eigenvalue weighted by Gasteiger charge is 2.48. The SMILES string of the molecule is O=C(O)[C@H]1O[C@@H](Oc2ccc(CCO)cc2O)[C@H](O)[C@@H](O)[C@@H]1O. The van der Waals surface area contributed by atoms with Crippen LogP contribution in [0.1, 0.15) is 5.56 Å². The maximum atomic E-state index is 11.0. The van der Waals surface area contributed by atoms with Crippen molar-refractivity contribution in [1.29, 1.82) is 0 Å². The molecule has 9 nitrogen and oxygen atoms in total. The van der Waals surface area contributed by atoms with E-state index in [0.717, 1.165) is 0 Å². The average Bonchev–Trinajstić information content (AvgIpc) is 2.50. The number of carboxylic acid groups (broad SMARTS) is 1. The first-order valence-electron chi connectivity index (χ1n) is 6.87. The van der Waals surface area contributed by atoms with Crippen LogP contribution in [0.5, 0.6) is 11.5 Å². The molecule has 0 unspecified atom stereocenters. The Bertz CT molecular complexity index is 561. The molecule has 0 aliphatic carbocycles. The summed E-state index contributed by atoms with van der Waals surface area (Å²) < 4.78 is 10.2. The molecule has 23 heavy (non-hydrogen) atoms. The number of carbonyl (C=O) groups is 1. The normalized spacial score (nSPS) is 30.9. The molecule has 128 valence electrons. The van der Waals surface area contributed by atoms with Gasteiger partial charge in [-0.1, -0.05) is 6.07 Å². The number of aliphatic hydroxyl groups is 4. The van der Waals surface area contributed by atoms with Gasteiger partial charge < -0.3 is 40.1 Å². The molecule has 0 spiro atoms. The van der Waals surface area contributed by atoms with Crippen molar-refractivity contribution in [3.8, 4) is 11.5 Å². The minimum Gasteiger partial charge on any atom is -0.504 e. The molecule has 0 saturated carbocycles. The van der Waals surface area contributed by atoms with E-state index in [-0.39, 0.29) is 18.1 Å². The Balaban J connectivity index is 2.16. The van der Waals surface area contributed by atoms with Crippen molar-refractivity contribution >= 4 is 5.97 Å². The summed E-state index contributed by atoms with van der Waals surface area (Å²) in [6.07, 6.45) is -8.37. The van der Waals surface area contributed by atoms with E-state index in [1.165, 1.54) is 12.1 Å². The molecule has 6 N–H and O–H groups in total. The summed E-state index contributed by atoms with van der Waals surface area (Å²) in [5.41, 5.74) is 0.640. The number of hydrogen-bond acceptors (Lipinski definition) is 8. The van der Waals surface area contributed by atoms with Crippen LogP contribution in [0.4, 0.5) is 0 Å². The number of aromatic hydroxyl groups is 1. The Labute approximate surface area is 130 Å². The van der Waals surface area contributed by atoms with Crippen LogP contribution < -0.4 is 4.74 Å². The third kappa shape index (κ3) is 3.71. The maximum absolute atomic E-state index is 11.0. The molecule has 0 bridgehead atoms. The van der Waals surface area contributed by atoms with Gasteiger partial charge in [-0.05, 0) is 24.1 Å². The molecule has 0 aromatic heterocycles. The second kappa shape index (κ2) is 7.11. The molecule has 1 saturated heterocycles. The summed E-state index contributed by atoms with van der Waals surface area (Å²) in [7, 11) is 0. The van der Waals surface area contributed by atoms with Crippen molar-refractivity contribution in [2.24, 2.45) is 0 Å². The quantitative estimate of drug-likeness (QED) is 0.366. The lowest BCUT2D eigenvalue weighted by Gasteiger charge is -2.38. The van der Waals surface area contributed by atoms with E-state index >= 15 is 0 Å². The molecular weight excluding hydrogens is 312 g/mol. The number of aliphatic hydroxyl groups excluding tert-OH is 4. The zero-order valence-electron chi connectivity index (χ0n) is 11.9. The molecule has 0 radical (unpaired) electrons. The predicted octanol–water partition coefficient (Wildman–Crippen LogP) is -1.80. The highest BCUT2D eigenvalue weighted by atomic mass is 16.7. The van der Waals surface area contributed by atoms with Crippen molar-refractivity contribution in [2.45, 2.75) is 37.1 Å². The first kappa shape index (κ1) is 17.4. The van der Waals surface area contributed by atoms with E-state index in [9.17, 15) is 25.2 Å². The van der Waals surface area contributed by atoms with E-state index in [0.29, 0.717) is 12.0 Å². The lowest BCUT2D eigenvalue weighted by Crippen LogP contribution is -2.61. The minimum atomic E-state index is -1.82. The summed E-state index contributed by atoms with van der Waals surface area (Å²) in [5, 5.41) is 56.7. The van der Waals surface area contributed by atoms with Crippen LogP contribution in [0.15, 0.2) is 18.2 Å². The van der Waals surface area contributed by atoms with E-state index < -0.39 is 36.7 Å². The molecule has 1 aliphatic heterocycles. The van der Waals surface area contributed by atoms with Crippen molar-refractivity contribution in [3.63, 3.8) is 0 Å². The zero-order chi connectivity index (χ0) is 17.1. The molecule has 0 amide bonds. The van der Waals surface area contributed by atoms with Gasteiger partial charge in [0, 0.05) is 6.61 Å². The third-order valence-corrected chi connectivity index (χ3v) is 3.48. The fourth-order valence-electron chi connectivity index (χ4n) is 2.22. The van der Waals surface area contributed by atoms with Gasteiger partial charge in [0.15, 0.2) is 17.6 Å². The molecule has 2 rings (SSSR count). The van der Waals surface area contributed by atoms with Crippen LogP contribution in [-0.4, -0.2) is 73.9 Å². The van der Waals surface area contributed by atoms with Gasteiger partial charge >= 0.3 is 5.97 Å². The summed E-state index contributed by atoms with van der Waals surface area (Å²) in [6, 6.07) is 4.24. The largest absolute Gasteiger partial charge is 0.504 e. The first-order valence-corrected chi connectivity index (χ1v) is 6.87. The Morgan fingerprint density at radius 3 is 2.43 bits per heavy atom. The number of aliphatic carboxylic acids is 1. The van der Waals surface area contributed by atoms with E-state index in [4.69, 9.17) is 19.7 Å². The maximum Gasteiger partial charge on any atom is 0.335 e. The van der Waals surface area contributed by atoms with Gasteiger partial charge in [0.25, 0.3) is 0 Å². The highest BCUT2D eigenvalue weighted by Crippen LogP contribution is 2.31. The van der Waals surface area contributed by atoms with Gasteiger partial charge in [-0.2, -0.15) is 0 Å². The topological polar surface area (TPSA) is 157 Å². The van der Waals surface area contributed by atoms with Gasteiger partial charge in [-0.3, -0.25) is 0 Å². The van der Waals surface area contributed by atoms with Crippen LogP contribution in [0.25, 0.3) is 0 Å². The number of phenols is 1. The molecule has 1 aliphatic rings. The number of benzene rings is 1. The van der Waals surface area contributed by atoms with Gasteiger partial charge in [0.05, 0.1) is 0 Å². The molecule has 9 heteroatoms. The molecule has 5 atom stereocenters. The van der Waals surface area contributed by atoms with Crippen LogP contribution in [-0.2, 0) is 16.0 Å². The highest BCUT2D eigenvalue weighted by molar-refractivity contribution is 5.73. The van der Waals surface area contributed by atoms with Crippen LogP contribution in [0.3, 0.4) is 0 Å². The summed E-state index contributed by atoms with van der Waals surface area (Å²) in [6.45, 7) is -0.103. The van der Waals surface area contributed by atoms with Gasteiger partial charge in [0.2, 0.25) is 6.29 Å². The molecule has 1 aromatic rings. The summed E-state index contributed by atoms with van der Waals surface area (Å²) in [4.78, 5) is 11.0. The number of ether oxygens (including phenoxy) is 2. The minimum absolute atomic E-state index is 0.103. The van der Waals surface area contributed by atoms with Crippen molar-refractivity contribution in [1.82, 2.24) is 0 Å². The monoisotopic (exact) mass is 330 g/mol. The van der Waals surface area contributed by atoms with Crippen LogP contribution >= 0.6 is 0 Å². The smallest absolute Gasteiger partial charge is 0.335 e. The first-order chi connectivity index (χ1) is 10.8. The molecule has 1 heterocycles. The number of carboxylic acids is 1. The Hall–Kier alpha value is -1.91. The summed E-state index contributed by atoms with van der Waals surface area (Å²) in [5.74, 6) is -1.94. The molecule has 1 aromatic carbocycles. The van der Waals surface area contributed by atoms with Crippen molar-refractivity contribution in [3.05, 3.63) is 23.8 Å². The third-order valence-electron chi connectivity index (χ3n) is 3.48. The Morgan fingerprint density at radius 1 is 1.17 bits per heavy atom. The predicted molar refractivity (Wildman–Crippen MR) is 73.8 cm³/mol. The van der Waals surface area contributed by atoms with Crippen molar-refractivity contribution in [2.75, 3.05) is 6.61 Å². The molecular formula is C14H18O9. The van der Waals surface area contributed by atoms with E-state index in [1.807, 2.05) is 0 Å². The summed E-state index contributed by atoms with van der Waals surface area (Å²) >= 11 is 0. The second-order valence-corrected chi connectivity index (χ2v) is 5.13. The van der Waals surface area contributed by atoms with Gasteiger partial charge in [0.1, 0.15) is 18.3 Å². The van der Waals surface area contributed by atoms with E-state index in [1.54, 1.807) is 6.07 Å². The van der Waals surface area contributed by atoms with Gasteiger partial charge in [-0.15, -0.1) is 0 Å². The number of phenolic OH excluding ortho intramolecular Hbond substituents is 1. The van der Waals surface area contributed by atoms with Crippen molar-refractivity contribution < 1.29 is 44.9 Å². The van der Waals surface area contributed by atoms with Gasteiger partial charge in [-0.25, -0.2) is 4.79 Å². The number of hydrogen-bond donors (Lipinski definition) is 6. The average molecular weight is 330 g/mol. The molecule has 1 fully saturated rings. The standard InChI is InChI=1S/C14H18O9/c15-4-3-6-1-2-8(7(16)5-6)22-14-11(19)9(17)10(18)12(23-14)13(20)21/h1-2,5,9-12,14-19H,3-4H2,(H,20,21)/t9-,10-,11+,12-,14+/m0/s1. The Morgan fingerprint density at radius 2 is 1.87 bits per heavy atom. The van der Waals surface area contributed by atoms with Crippen LogP contribution in [0.2, 0.25) is 0 Å². The zero-order valence-corrected chi connectivity index (χ0v) is 11.9. The second-order valence-electron chi connectivity index (χ2n) is 5.13. The Kier molecular flexibility index (Phi) is 5.39.